The second-order valence-electron chi connectivity index (χ2n) is 6.08. The third kappa shape index (κ3) is 3.63. The normalized spacial score (nSPS) is 14.2. The lowest BCUT2D eigenvalue weighted by atomic mass is 10.1. The molecule has 0 unspecified atom stereocenters. The van der Waals surface area contributed by atoms with Gasteiger partial charge in [-0.15, -0.1) is 10.2 Å². The highest BCUT2D eigenvalue weighted by Gasteiger charge is 2.23. The van der Waals surface area contributed by atoms with E-state index in [2.05, 4.69) is 20.5 Å². The number of nitrogens with one attached hydrogen (secondary N) is 1. The van der Waals surface area contributed by atoms with Gasteiger partial charge >= 0.3 is 0 Å². The fourth-order valence-corrected chi connectivity index (χ4v) is 3.07. The molecule has 0 saturated carbocycles. The molecule has 1 N–H and O–H groups in total. The van der Waals surface area contributed by atoms with Crippen molar-refractivity contribution < 1.29 is 14.3 Å². The average molecular weight is 345 g/mol. The van der Waals surface area contributed by atoms with Crippen molar-refractivity contribution in [3.8, 4) is 5.88 Å². The maximum Gasteiger partial charge on any atom is 0.257 e. The van der Waals surface area contributed by atoms with Gasteiger partial charge in [0.2, 0.25) is 5.88 Å². The first kappa shape index (κ1) is 17.3. The first-order valence-corrected chi connectivity index (χ1v) is 8.38. The van der Waals surface area contributed by atoms with Crippen molar-refractivity contribution in [1.82, 2.24) is 25.1 Å². The van der Waals surface area contributed by atoms with Crippen molar-refractivity contribution in [2.45, 2.75) is 38.8 Å². The minimum atomic E-state index is -0.301. The number of hydrogen-bond acceptors (Lipinski definition) is 6. The third-order valence-electron chi connectivity index (χ3n) is 4.37. The monoisotopic (exact) mass is 345 g/mol. The van der Waals surface area contributed by atoms with Gasteiger partial charge < -0.3 is 19.4 Å². The molecule has 0 fully saturated rings. The molecule has 1 aliphatic carbocycles. The molecule has 2 aromatic rings. The Balaban J connectivity index is 1.77. The Morgan fingerprint density at radius 3 is 3.00 bits per heavy atom. The van der Waals surface area contributed by atoms with Gasteiger partial charge in [-0.2, -0.15) is 0 Å². The van der Waals surface area contributed by atoms with E-state index in [-0.39, 0.29) is 11.9 Å². The van der Waals surface area contributed by atoms with E-state index in [0.717, 1.165) is 30.5 Å². The summed E-state index contributed by atoms with van der Waals surface area (Å²) in [5.41, 5.74) is 2.61. The number of aromatic nitrogens is 4. The minimum Gasteiger partial charge on any atom is -0.480 e. The number of methoxy groups -OCH3 is 2. The summed E-state index contributed by atoms with van der Waals surface area (Å²) in [5, 5.41) is 11.0. The molecule has 0 aliphatic heterocycles. The molecular formula is C17H23N5O3. The van der Waals surface area contributed by atoms with E-state index in [1.807, 2.05) is 17.6 Å². The molecule has 0 bridgehead atoms. The molecular weight excluding hydrogens is 322 g/mol. The van der Waals surface area contributed by atoms with Crippen LogP contribution in [0.4, 0.5) is 0 Å². The molecule has 0 aromatic carbocycles. The SMILES string of the molecule is COCCn1cnnc1[C@@H](C)NC(=O)c1cc2c(nc1OC)CCC2. The van der Waals surface area contributed by atoms with Gasteiger partial charge in [0.15, 0.2) is 5.82 Å². The topological polar surface area (TPSA) is 91.2 Å². The second-order valence-corrected chi connectivity index (χ2v) is 6.08. The van der Waals surface area contributed by atoms with Crippen LogP contribution in [0.15, 0.2) is 12.4 Å². The maximum absolute atomic E-state index is 12.7. The van der Waals surface area contributed by atoms with Crippen LogP contribution in [0.3, 0.4) is 0 Å². The summed E-state index contributed by atoms with van der Waals surface area (Å²) in [6.45, 7) is 3.05. The van der Waals surface area contributed by atoms with Crippen LogP contribution in [0, 0.1) is 0 Å². The summed E-state index contributed by atoms with van der Waals surface area (Å²) in [5.74, 6) is 0.817. The van der Waals surface area contributed by atoms with E-state index in [4.69, 9.17) is 9.47 Å². The van der Waals surface area contributed by atoms with Crippen molar-refractivity contribution in [3.05, 3.63) is 35.0 Å². The average Bonchev–Trinajstić information content (AvgIpc) is 3.26. The van der Waals surface area contributed by atoms with Crippen LogP contribution in [0.5, 0.6) is 5.88 Å². The smallest absolute Gasteiger partial charge is 0.257 e. The van der Waals surface area contributed by atoms with Gasteiger partial charge in [0, 0.05) is 19.3 Å². The number of pyridine rings is 1. The van der Waals surface area contributed by atoms with E-state index in [9.17, 15) is 4.79 Å². The van der Waals surface area contributed by atoms with Gasteiger partial charge in [-0.05, 0) is 37.8 Å². The van der Waals surface area contributed by atoms with Gasteiger partial charge in [0.25, 0.3) is 5.91 Å². The summed E-state index contributed by atoms with van der Waals surface area (Å²) in [7, 11) is 3.17. The van der Waals surface area contributed by atoms with Gasteiger partial charge in [0.05, 0.1) is 19.8 Å². The van der Waals surface area contributed by atoms with Gasteiger partial charge in [0.1, 0.15) is 11.9 Å². The number of fused-ring (bicyclic) bond motifs is 1. The van der Waals surface area contributed by atoms with Crippen LogP contribution in [0.1, 0.15) is 46.8 Å². The predicted octanol–water partition coefficient (Wildman–Crippen LogP) is 1.31. The first-order chi connectivity index (χ1) is 12.1. The number of carbonyl (C=O) groups excluding carboxylic acids is 1. The van der Waals surface area contributed by atoms with E-state index in [1.54, 1.807) is 13.4 Å². The second kappa shape index (κ2) is 7.60. The lowest BCUT2D eigenvalue weighted by Crippen LogP contribution is -2.29. The van der Waals surface area contributed by atoms with Crippen LogP contribution >= 0.6 is 0 Å². The zero-order valence-corrected chi connectivity index (χ0v) is 14.8. The minimum absolute atomic E-state index is 0.229. The standard InChI is InChI=1S/C17H23N5O3/c1-11(15-21-18-10-22(15)7-8-24-2)19-16(23)13-9-12-5-4-6-14(12)20-17(13)25-3/h9-11H,4-8H2,1-3H3,(H,19,23)/t11-/m1/s1. The van der Waals surface area contributed by atoms with Crippen LogP contribution in [0.2, 0.25) is 0 Å². The van der Waals surface area contributed by atoms with E-state index in [1.165, 1.54) is 7.11 Å². The number of nitrogens with zero attached hydrogens (tertiary/aromatic N) is 4. The number of ether oxygens (including phenoxy) is 2. The highest BCUT2D eigenvalue weighted by Crippen LogP contribution is 2.27. The first-order valence-electron chi connectivity index (χ1n) is 8.38. The number of amides is 1. The Labute approximate surface area is 146 Å². The van der Waals surface area contributed by atoms with Crippen LogP contribution < -0.4 is 10.1 Å². The third-order valence-corrected chi connectivity index (χ3v) is 4.37. The molecule has 8 heteroatoms. The van der Waals surface area contributed by atoms with Gasteiger partial charge in [-0.3, -0.25) is 4.79 Å². The highest BCUT2D eigenvalue weighted by molar-refractivity contribution is 5.96. The molecule has 2 aromatic heterocycles. The van der Waals surface area contributed by atoms with Gasteiger partial charge in [-0.25, -0.2) is 4.98 Å². The van der Waals surface area contributed by atoms with Crippen LogP contribution in [-0.2, 0) is 24.1 Å². The molecule has 134 valence electrons. The fraction of sp³-hybridized carbons (Fsp3) is 0.529. The largest absolute Gasteiger partial charge is 0.480 e. The summed E-state index contributed by atoms with van der Waals surface area (Å²) in [4.78, 5) is 17.2. The van der Waals surface area contributed by atoms with E-state index in [0.29, 0.717) is 30.4 Å². The number of rotatable bonds is 7. The highest BCUT2D eigenvalue weighted by atomic mass is 16.5. The number of carbonyl (C=O) groups is 1. The zero-order chi connectivity index (χ0) is 17.8. The van der Waals surface area contributed by atoms with E-state index < -0.39 is 0 Å². The Hall–Kier alpha value is -2.48. The maximum atomic E-state index is 12.7. The lowest BCUT2D eigenvalue weighted by molar-refractivity contribution is 0.0933. The summed E-state index contributed by atoms with van der Waals surface area (Å²) < 4.78 is 12.3. The number of aryl methyl sites for hydroxylation is 2. The molecule has 1 aliphatic rings. The molecule has 2 heterocycles. The van der Waals surface area contributed by atoms with Crippen molar-refractivity contribution >= 4 is 5.91 Å². The Morgan fingerprint density at radius 2 is 2.24 bits per heavy atom. The van der Waals surface area contributed by atoms with Crippen molar-refractivity contribution in [1.29, 1.82) is 0 Å². The molecule has 1 amide bonds. The molecule has 0 saturated heterocycles. The Morgan fingerprint density at radius 1 is 1.40 bits per heavy atom. The fourth-order valence-electron chi connectivity index (χ4n) is 3.07. The van der Waals surface area contributed by atoms with E-state index >= 15 is 0 Å². The quantitative estimate of drug-likeness (QED) is 0.813. The molecule has 0 spiro atoms. The summed E-state index contributed by atoms with van der Waals surface area (Å²) >= 11 is 0. The molecule has 1 atom stereocenters. The Bertz CT molecular complexity index is 759. The molecule has 25 heavy (non-hydrogen) atoms. The van der Waals surface area contributed by atoms with Crippen molar-refractivity contribution in [3.63, 3.8) is 0 Å². The zero-order valence-electron chi connectivity index (χ0n) is 14.8. The number of hydrogen-bond donors (Lipinski definition) is 1. The molecule has 8 nitrogen and oxygen atoms in total. The summed E-state index contributed by atoms with van der Waals surface area (Å²) in [6.07, 6.45) is 4.59. The molecule has 3 rings (SSSR count). The van der Waals surface area contributed by atoms with Gasteiger partial charge in [-0.1, -0.05) is 0 Å². The lowest BCUT2D eigenvalue weighted by Gasteiger charge is -2.16. The predicted molar refractivity (Wildman–Crippen MR) is 90.6 cm³/mol. The Kier molecular flexibility index (Phi) is 5.28. The van der Waals surface area contributed by atoms with Crippen LogP contribution in [-0.4, -0.2) is 46.5 Å². The van der Waals surface area contributed by atoms with Crippen molar-refractivity contribution in [2.75, 3.05) is 20.8 Å². The van der Waals surface area contributed by atoms with Crippen LogP contribution in [0.25, 0.3) is 0 Å². The summed E-state index contributed by atoms with van der Waals surface area (Å²) in [6, 6.07) is 1.59. The molecule has 0 radical (unpaired) electrons. The van der Waals surface area contributed by atoms with Crippen molar-refractivity contribution in [2.24, 2.45) is 0 Å².